The van der Waals surface area contributed by atoms with Gasteiger partial charge < -0.3 is 9.47 Å². The Morgan fingerprint density at radius 1 is 1.59 bits per heavy atom. The first-order valence-corrected chi connectivity index (χ1v) is 5.41. The van der Waals surface area contributed by atoms with Crippen molar-refractivity contribution in [2.45, 2.75) is 12.8 Å². The van der Waals surface area contributed by atoms with Crippen LogP contribution < -0.4 is 4.74 Å². The van der Waals surface area contributed by atoms with Crippen LogP contribution in [0, 0.1) is 11.3 Å². The Bertz CT molecular complexity index is 454. The van der Waals surface area contributed by atoms with Crippen LogP contribution in [0.2, 0.25) is 5.02 Å². The molecule has 5 heteroatoms. The first-order valence-electron chi connectivity index (χ1n) is 5.03. The molecule has 0 bridgehead atoms. The largest absolute Gasteiger partial charge is 0.496 e. The molecule has 4 nitrogen and oxygen atoms in total. The number of rotatable bonds is 4. The van der Waals surface area contributed by atoms with E-state index in [0.29, 0.717) is 16.3 Å². The van der Waals surface area contributed by atoms with Crippen LogP contribution in [0.25, 0.3) is 0 Å². The summed E-state index contributed by atoms with van der Waals surface area (Å²) in [4.78, 5) is 11.6. The lowest BCUT2D eigenvalue weighted by atomic mass is 10.00. The van der Waals surface area contributed by atoms with Crippen LogP contribution in [0.5, 0.6) is 5.75 Å². The summed E-state index contributed by atoms with van der Waals surface area (Å²) in [5.41, 5.74) is 0.456. The van der Waals surface area contributed by atoms with Crippen LogP contribution >= 0.6 is 11.6 Å². The second kappa shape index (κ2) is 6.12. The van der Waals surface area contributed by atoms with E-state index in [9.17, 15) is 4.79 Å². The summed E-state index contributed by atoms with van der Waals surface area (Å²) in [5.74, 6) is -1.19. The highest BCUT2D eigenvalue weighted by Gasteiger charge is 2.25. The minimum atomic E-state index is -0.998. The summed E-state index contributed by atoms with van der Waals surface area (Å²) >= 11 is 5.81. The number of ether oxygens (including phenoxy) is 2. The van der Waals surface area contributed by atoms with Gasteiger partial charge in [0, 0.05) is 10.6 Å². The van der Waals surface area contributed by atoms with Gasteiger partial charge in [0.25, 0.3) is 0 Å². The number of carbonyl (C=O) groups excluding carboxylic acids is 1. The smallest absolute Gasteiger partial charge is 0.328 e. The maximum atomic E-state index is 11.6. The molecule has 0 aliphatic carbocycles. The first-order chi connectivity index (χ1) is 8.13. The van der Waals surface area contributed by atoms with Gasteiger partial charge in [0.2, 0.25) is 0 Å². The molecule has 1 rings (SSSR count). The Labute approximate surface area is 105 Å². The number of hydrogen-bond acceptors (Lipinski definition) is 4. The van der Waals surface area contributed by atoms with Crippen LogP contribution in [0.4, 0.5) is 0 Å². The molecule has 1 aromatic rings. The number of halogens is 1. The molecule has 0 N–H and O–H groups in total. The van der Waals surface area contributed by atoms with Crippen LogP contribution in [0.3, 0.4) is 0 Å². The van der Waals surface area contributed by atoms with E-state index in [0.717, 1.165) is 0 Å². The van der Waals surface area contributed by atoms with E-state index in [1.54, 1.807) is 25.1 Å². The zero-order chi connectivity index (χ0) is 12.8. The average molecular weight is 254 g/mol. The fraction of sp³-hybridized carbons (Fsp3) is 0.333. The fourth-order valence-corrected chi connectivity index (χ4v) is 1.56. The van der Waals surface area contributed by atoms with Gasteiger partial charge in [-0.05, 0) is 19.1 Å². The van der Waals surface area contributed by atoms with Gasteiger partial charge in [-0.2, -0.15) is 5.26 Å². The maximum absolute atomic E-state index is 11.6. The van der Waals surface area contributed by atoms with Gasteiger partial charge in [0.05, 0.1) is 19.8 Å². The Hall–Kier alpha value is -1.73. The van der Waals surface area contributed by atoms with Crippen molar-refractivity contribution < 1.29 is 14.3 Å². The Morgan fingerprint density at radius 3 is 2.82 bits per heavy atom. The molecule has 0 aliphatic heterocycles. The third-order valence-electron chi connectivity index (χ3n) is 2.16. The Kier molecular flexibility index (Phi) is 4.80. The number of hydrogen-bond donors (Lipinski definition) is 0. The van der Waals surface area contributed by atoms with Crippen molar-refractivity contribution in [3.63, 3.8) is 0 Å². The Morgan fingerprint density at radius 2 is 2.29 bits per heavy atom. The van der Waals surface area contributed by atoms with Crippen molar-refractivity contribution in [2.24, 2.45) is 0 Å². The molecule has 0 spiro atoms. The van der Waals surface area contributed by atoms with Crippen molar-refractivity contribution in [1.29, 1.82) is 5.26 Å². The van der Waals surface area contributed by atoms with E-state index >= 15 is 0 Å². The number of benzene rings is 1. The van der Waals surface area contributed by atoms with Crippen LogP contribution in [0.1, 0.15) is 18.4 Å². The molecule has 0 saturated heterocycles. The molecule has 0 saturated carbocycles. The highest BCUT2D eigenvalue weighted by molar-refractivity contribution is 6.30. The number of nitriles is 1. The van der Waals surface area contributed by atoms with Crippen molar-refractivity contribution in [1.82, 2.24) is 0 Å². The molecule has 0 radical (unpaired) electrons. The molecule has 0 heterocycles. The molecule has 1 aromatic carbocycles. The van der Waals surface area contributed by atoms with E-state index in [-0.39, 0.29) is 6.61 Å². The van der Waals surface area contributed by atoms with Gasteiger partial charge >= 0.3 is 5.97 Å². The first kappa shape index (κ1) is 13.3. The lowest BCUT2D eigenvalue weighted by molar-refractivity contribution is -0.143. The topological polar surface area (TPSA) is 59.3 Å². The summed E-state index contributed by atoms with van der Waals surface area (Å²) in [5, 5.41) is 9.50. The minimum absolute atomic E-state index is 0.229. The average Bonchev–Trinajstić information content (AvgIpc) is 2.32. The molecule has 0 aromatic heterocycles. The lowest BCUT2D eigenvalue weighted by Gasteiger charge is -2.12. The Balaban J connectivity index is 3.12. The van der Waals surface area contributed by atoms with E-state index in [2.05, 4.69) is 0 Å². The maximum Gasteiger partial charge on any atom is 0.328 e. The molecule has 17 heavy (non-hydrogen) atoms. The molecular weight excluding hydrogens is 242 g/mol. The van der Waals surface area contributed by atoms with E-state index in [1.165, 1.54) is 7.11 Å². The van der Waals surface area contributed by atoms with E-state index < -0.39 is 11.9 Å². The number of esters is 1. The zero-order valence-electron chi connectivity index (χ0n) is 9.57. The van der Waals surface area contributed by atoms with Crippen molar-refractivity contribution in [3.8, 4) is 11.8 Å². The molecular formula is C12H12ClNO3. The SMILES string of the molecule is CCOC(=O)C(C#N)c1ccc(Cl)cc1OC. The number of nitrogens with zero attached hydrogens (tertiary/aromatic N) is 1. The highest BCUT2D eigenvalue weighted by Crippen LogP contribution is 2.30. The van der Waals surface area contributed by atoms with Crippen molar-refractivity contribution in [2.75, 3.05) is 13.7 Å². The van der Waals surface area contributed by atoms with Crippen LogP contribution in [0.15, 0.2) is 18.2 Å². The third-order valence-corrected chi connectivity index (χ3v) is 2.39. The summed E-state index contributed by atoms with van der Waals surface area (Å²) in [6, 6.07) is 6.64. The van der Waals surface area contributed by atoms with Crippen molar-refractivity contribution >= 4 is 17.6 Å². The molecule has 0 aliphatic rings. The van der Waals surface area contributed by atoms with Gasteiger partial charge in [0.1, 0.15) is 5.75 Å². The number of methoxy groups -OCH3 is 1. The quantitative estimate of drug-likeness (QED) is 0.774. The molecule has 0 amide bonds. The zero-order valence-corrected chi connectivity index (χ0v) is 10.3. The fourth-order valence-electron chi connectivity index (χ4n) is 1.40. The lowest BCUT2D eigenvalue weighted by Crippen LogP contribution is -2.15. The van der Waals surface area contributed by atoms with Gasteiger partial charge in [-0.1, -0.05) is 17.7 Å². The van der Waals surface area contributed by atoms with Gasteiger partial charge in [-0.15, -0.1) is 0 Å². The van der Waals surface area contributed by atoms with Gasteiger partial charge in [-0.25, -0.2) is 0 Å². The minimum Gasteiger partial charge on any atom is -0.496 e. The summed E-state index contributed by atoms with van der Waals surface area (Å²) in [7, 11) is 1.45. The monoisotopic (exact) mass is 253 g/mol. The molecule has 1 atom stereocenters. The van der Waals surface area contributed by atoms with Crippen LogP contribution in [-0.4, -0.2) is 19.7 Å². The molecule has 1 unspecified atom stereocenters. The predicted octanol–water partition coefficient (Wildman–Crippen LogP) is 2.52. The van der Waals surface area contributed by atoms with Crippen LogP contribution in [-0.2, 0) is 9.53 Å². The normalized spacial score (nSPS) is 11.4. The second-order valence-corrected chi connectivity index (χ2v) is 3.64. The standard InChI is InChI=1S/C12H12ClNO3/c1-3-17-12(15)10(7-14)9-5-4-8(13)6-11(9)16-2/h4-6,10H,3H2,1-2H3. The summed E-state index contributed by atoms with van der Waals surface area (Å²) in [6.07, 6.45) is 0. The van der Waals surface area contributed by atoms with Crippen molar-refractivity contribution in [3.05, 3.63) is 28.8 Å². The van der Waals surface area contributed by atoms with E-state index in [1.807, 2.05) is 6.07 Å². The third kappa shape index (κ3) is 3.11. The second-order valence-electron chi connectivity index (χ2n) is 3.20. The summed E-state index contributed by atoms with van der Waals surface area (Å²) in [6.45, 7) is 1.92. The van der Waals surface area contributed by atoms with Gasteiger partial charge in [0.15, 0.2) is 5.92 Å². The highest BCUT2D eigenvalue weighted by atomic mass is 35.5. The molecule has 90 valence electrons. The number of carbonyl (C=O) groups is 1. The summed E-state index contributed by atoms with van der Waals surface area (Å²) < 4.78 is 9.92. The van der Waals surface area contributed by atoms with Gasteiger partial charge in [-0.3, -0.25) is 4.79 Å². The van der Waals surface area contributed by atoms with E-state index in [4.69, 9.17) is 26.3 Å². The molecule has 0 fully saturated rings. The predicted molar refractivity (Wildman–Crippen MR) is 63.0 cm³/mol.